The number of likely N-dealkylation sites (tertiary alicyclic amines) is 4. The Morgan fingerprint density at radius 1 is 0.485 bits per heavy atom. The molecule has 0 radical (unpaired) electrons. The van der Waals surface area contributed by atoms with Gasteiger partial charge in [0.2, 0.25) is 23.0 Å². The molecule has 25 nitrogen and oxygen atoms in total. The minimum absolute atomic E-state index is 0. The first-order valence-corrected chi connectivity index (χ1v) is 49.7. The van der Waals surface area contributed by atoms with Crippen LogP contribution in [0.15, 0.2) is 121 Å². The number of carboxylic acid groups (broad SMARTS) is 1. The second-order valence-corrected chi connectivity index (χ2v) is 40.3. The van der Waals surface area contributed by atoms with Crippen LogP contribution >= 0.6 is 89.0 Å². The number of hydrogen-bond acceptors (Lipinski definition) is 17. The number of ketones is 2. The second-order valence-electron chi connectivity index (χ2n) is 32.1. The van der Waals surface area contributed by atoms with E-state index in [2.05, 4.69) is 50.0 Å². The van der Waals surface area contributed by atoms with E-state index in [0.29, 0.717) is 68.6 Å². The predicted octanol–water partition coefficient (Wildman–Crippen LogP) is 19.9. The molecular weight excluding hydrogens is 1880 g/mol. The molecule has 5 aliphatic rings. The number of hydrogen-bond donors (Lipinski definition) is 2. The summed E-state index contributed by atoms with van der Waals surface area (Å²) in [5.41, 5.74) is 11.4. The van der Waals surface area contributed by atoms with Crippen molar-refractivity contribution in [3.8, 4) is 17.1 Å². The van der Waals surface area contributed by atoms with Gasteiger partial charge >= 0.3 is 64.9 Å². The summed E-state index contributed by atoms with van der Waals surface area (Å²) in [5, 5.41) is 13.9. The number of pyridine rings is 1. The zero-order valence-electron chi connectivity index (χ0n) is 77.3. The molecule has 9 heterocycles. The first-order valence-electron chi connectivity index (χ1n) is 43.0. The molecule has 5 atom stereocenters. The first kappa shape index (κ1) is 129. The van der Waals surface area contributed by atoms with E-state index in [1.54, 1.807) is 52.6 Å². The normalized spacial score (nSPS) is 16.2. The minimum atomic E-state index is -1.72. The van der Waals surface area contributed by atoms with E-state index in [1.165, 1.54) is 38.1 Å². The number of nitrogens with one attached hydrogen (secondary N) is 1. The number of halogens is 8. The van der Waals surface area contributed by atoms with Crippen molar-refractivity contribution >= 4 is 166 Å². The quantitative estimate of drug-likeness (QED) is 0.0250. The Balaban J connectivity index is -0.00000148. The molecule has 4 amide bonds. The Kier molecular flexibility index (Phi) is 66.9. The van der Waals surface area contributed by atoms with Crippen molar-refractivity contribution in [1.82, 2.24) is 43.6 Å². The number of aliphatic carboxylic acids is 1. The van der Waals surface area contributed by atoms with Gasteiger partial charge in [-0.25, -0.2) is 34.9 Å². The molecule has 0 aliphatic carbocycles. The summed E-state index contributed by atoms with van der Waals surface area (Å²) in [6, 6.07) is 37.1. The molecule has 5 unspecified atom stereocenters. The largest absolute Gasteiger partial charge is 1.00 e. The van der Waals surface area contributed by atoms with E-state index in [1.807, 2.05) is 152 Å². The number of esters is 2. The molecule has 7 aromatic rings. The predicted molar refractivity (Wildman–Crippen MR) is 533 cm³/mol. The van der Waals surface area contributed by atoms with Crippen LogP contribution in [0.3, 0.4) is 0 Å². The van der Waals surface area contributed by atoms with Crippen LogP contribution in [0.5, 0.6) is 0 Å². The number of amides is 4. The van der Waals surface area contributed by atoms with Gasteiger partial charge in [-0.1, -0.05) is 69.6 Å². The van der Waals surface area contributed by atoms with E-state index < -0.39 is 23.0 Å². The van der Waals surface area contributed by atoms with Gasteiger partial charge in [0.25, 0.3) is 0 Å². The van der Waals surface area contributed by atoms with E-state index in [0.717, 1.165) is 164 Å². The second kappa shape index (κ2) is 68.2. The average molecular weight is 2020 g/mol. The van der Waals surface area contributed by atoms with Gasteiger partial charge in [-0.05, 0) is 293 Å². The maximum absolute atomic E-state index is 13.2. The van der Waals surface area contributed by atoms with E-state index in [9.17, 15) is 47.9 Å². The zero-order valence-corrected chi connectivity index (χ0v) is 86.5. The van der Waals surface area contributed by atoms with Crippen molar-refractivity contribution in [3.63, 3.8) is 0 Å². The number of ether oxygens (including phenoxy) is 3. The number of carbonyl (C=O) groups excluding carboxylic acids is 10. The number of nitrogens with zero attached hydrogens (tertiary/aromatic N) is 8. The van der Waals surface area contributed by atoms with Crippen LogP contribution in [0.2, 0.25) is 15.1 Å². The smallest absolute Gasteiger partial charge is 0.870 e. The van der Waals surface area contributed by atoms with Crippen LogP contribution in [-0.4, -0.2) is 207 Å². The molecule has 3 aromatic carbocycles. The van der Waals surface area contributed by atoms with Crippen molar-refractivity contribution in [2.24, 2.45) is 0 Å². The molecule has 4 aromatic heterocycles. The molecule has 0 saturated carbocycles. The van der Waals surface area contributed by atoms with Gasteiger partial charge in [0, 0.05) is 180 Å². The van der Waals surface area contributed by atoms with Gasteiger partial charge in [0.05, 0.1) is 38.2 Å². The van der Waals surface area contributed by atoms with E-state index in [4.69, 9.17) is 101 Å². The molecule has 0 bridgehead atoms. The standard InChI is InChI=1S/C24H31ClN2O3.C19H23ClN2O.C12H12ClN.C11H19NO3.C9H14ClNO2.C9H15NO3.C9H11NO2.CH2O.3CH4.Al.4ClH.Na.H2O/c1-16-14-21(17(2)27(16)19-11-9-18(25)10-12-19)22(28)15-20-8-6-7-13-26(20)23(29)30-24(3,4)5;1-13-11-18(19(23)12-16-5-3-4-10-21-16)14(2)22(13)17-8-6-15(20)7-9-17;1-9-3-4-10(2)14(9)12-7-5-11(13)6-8-12;1-3-15-11(14)8-10-6-4-5-7-12(10)9(2)13;1-7(12)11-5-3-2-4-8(11)6-9(10)13;1-7(11)10-5-3-2-4-8(10)6-9(12)13;1-2-12-9(11)7-8-5-3-4-6-10-8;1-2;;;;;;;;;;/h9-12,14,20H,6-8,13,15H2,1-5H3;6-9,11,16,21H,3-5,10,12H2,1-2H3;3-8H,1-2H3;10H,3-8H2,1-2H3;8H,2-6H2,1H3;8H,2-6H2,1H3,(H,12,13);3-6H,2,7H2,1H3;1H2;3*1H4;;4*1H;;1H2/q;;;;;;;;;;;+3;;;;;+1;/p-4. The Hall–Kier alpha value is -6.81. The third kappa shape index (κ3) is 46.4. The molecule has 132 heavy (non-hydrogen) atoms. The number of benzene rings is 3. The van der Waals surface area contributed by atoms with Gasteiger partial charge in [-0.2, -0.15) is 0 Å². The first-order chi connectivity index (χ1) is 59.7. The molecule has 0 spiro atoms. The fourth-order valence-electron chi connectivity index (χ4n) is 15.8. The number of carbonyl (C=O) groups is 11. The molecule has 35 heteroatoms. The van der Waals surface area contributed by atoms with Crippen molar-refractivity contribution in [2.75, 3.05) is 45.9 Å². The van der Waals surface area contributed by atoms with E-state index in [-0.39, 0.29) is 159 Å². The Bertz CT molecular complexity index is 4520. The number of aryl methyl sites for hydroxylation is 4. The Morgan fingerprint density at radius 2 is 0.841 bits per heavy atom. The van der Waals surface area contributed by atoms with Crippen molar-refractivity contribution in [3.05, 3.63) is 188 Å². The summed E-state index contributed by atoms with van der Waals surface area (Å²) < 4.78 is 21.6. The molecule has 5 fully saturated rings. The monoisotopic (exact) mass is 2020 g/mol. The summed E-state index contributed by atoms with van der Waals surface area (Å²) in [7, 11) is 14.8. The van der Waals surface area contributed by atoms with Crippen LogP contribution < -0.4 is 34.9 Å². The minimum Gasteiger partial charge on any atom is -0.870 e. The third-order valence-electron chi connectivity index (χ3n) is 21.5. The summed E-state index contributed by atoms with van der Waals surface area (Å²) >= 11 is 21.4. The van der Waals surface area contributed by atoms with Gasteiger partial charge in [-0.15, -0.1) is 12.4 Å². The summed E-state index contributed by atoms with van der Waals surface area (Å²) in [6.45, 7) is 32.7. The molecule has 5 saturated heterocycles. The van der Waals surface area contributed by atoms with Crippen molar-refractivity contribution in [1.29, 1.82) is 0 Å². The molecule has 5 aliphatic heterocycles. The van der Waals surface area contributed by atoms with Gasteiger partial charge in [0.15, 0.2) is 11.6 Å². The average Bonchev–Trinajstić information content (AvgIpc) is 1.65. The molecular formula is C97H141AlCl8N9NaO16. The van der Waals surface area contributed by atoms with Gasteiger partial charge in [0.1, 0.15) is 12.4 Å². The number of aromatic nitrogens is 4. The van der Waals surface area contributed by atoms with Crippen LogP contribution in [0.1, 0.15) is 267 Å². The molecule has 3 N–H and O–H groups in total. The van der Waals surface area contributed by atoms with Crippen LogP contribution in [0.4, 0.5) is 4.79 Å². The molecule has 12 rings (SSSR count). The SMILES string of the molecule is C.C.C.C=O.CC(=O)N1CCCCC1CC(=O)Cl.CC(=O)N1CCCCC1CC(=O)O.CCOC(=O)CC1CCCCN1C(C)=O.CCOC(=O)Cc1ccccn1.Cc1cc(C(=O)CC2CCCCN2)c(C)n1-c1ccc(Cl)cc1.Cc1cc(C(=O)CC2CCCCN2C(=O)OC(C)(C)C)c(C)n1-c1ccc(Cl)cc1.Cc1ccc(C)n1-c1ccc(Cl)cc1.Cl.[Cl][Al]([Cl])[Cl].[Na+].[OH-]. The summed E-state index contributed by atoms with van der Waals surface area (Å²) in [4.78, 5) is 135. The topological polar surface area (TPSA) is 318 Å². The third-order valence-corrected chi connectivity index (χ3v) is 22.4. The number of piperidine rings is 5. The van der Waals surface area contributed by atoms with Crippen molar-refractivity contribution < 1.29 is 107 Å². The summed E-state index contributed by atoms with van der Waals surface area (Å²) in [5.74, 6) is -0.857. The maximum atomic E-state index is 13.2. The number of Topliss-reactive ketones (excluding diaryl/α,β-unsaturated/α-hetero) is 2. The van der Waals surface area contributed by atoms with Crippen LogP contribution in [0.25, 0.3) is 17.1 Å². The Labute approximate surface area is 849 Å². The Morgan fingerprint density at radius 3 is 1.19 bits per heavy atom. The zero-order chi connectivity index (χ0) is 93.9. The summed E-state index contributed by atoms with van der Waals surface area (Å²) in [6.07, 6.45) is 18.4. The number of carboxylic acids is 1. The van der Waals surface area contributed by atoms with Crippen LogP contribution in [0, 0.1) is 41.5 Å². The molecule has 730 valence electrons. The maximum Gasteiger partial charge on any atom is 1.00 e. The van der Waals surface area contributed by atoms with Crippen molar-refractivity contribution in [2.45, 2.75) is 290 Å². The van der Waals surface area contributed by atoms with Crippen LogP contribution in [-0.2, 0) is 59.0 Å². The van der Waals surface area contributed by atoms with Gasteiger partial charge in [-0.3, -0.25) is 48.1 Å². The fourth-order valence-corrected chi connectivity index (χ4v) is 16.4. The van der Waals surface area contributed by atoms with Gasteiger partial charge < -0.3 is 68.2 Å². The van der Waals surface area contributed by atoms with E-state index >= 15 is 0 Å². The number of rotatable bonds is 19. The fraction of sp³-hybridized carbons (Fsp3) is 0.526.